The van der Waals surface area contributed by atoms with Gasteiger partial charge in [-0.15, -0.1) is 0 Å². The molecular formula is C18H23N5O2S. The zero-order valence-corrected chi connectivity index (χ0v) is 15.5. The summed E-state index contributed by atoms with van der Waals surface area (Å²) in [5.74, 6) is 0.262. The van der Waals surface area contributed by atoms with Crippen molar-refractivity contribution in [1.29, 1.82) is 5.26 Å². The first-order valence-corrected chi connectivity index (χ1v) is 10.3. The summed E-state index contributed by atoms with van der Waals surface area (Å²) in [7, 11) is -3.37. The third-order valence-corrected chi connectivity index (χ3v) is 6.07. The van der Waals surface area contributed by atoms with Gasteiger partial charge >= 0.3 is 0 Å². The van der Waals surface area contributed by atoms with Gasteiger partial charge in [0, 0.05) is 42.9 Å². The van der Waals surface area contributed by atoms with Gasteiger partial charge in [-0.3, -0.25) is 4.98 Å². The smallest absolute Gasteiger partial charge is 0.213 e. The highest BCUT2D eigenvalue weighted by molar-refractivity contribution is 7.89. The molecule has 2 heterocycles. The Labute approximate surface area is 153 Å². The minimum atomic E-state index is -3.37. The molecule has 138 valence electrons. The number of hydrogen-bond donors (Lipinski definition) is 2. The molecule has 26 heavy (non-hydrogen) atoms. The standard InChI is InChI=1S/C18H23N5O2S/c1-13-9-15(22-26(24,25)8-6-19)12-23(11-13)17-5-4-14(10-20)18-16(17)3-2-7-21-18/h2-5,7,13,15,22H,6,8-9,11-12,19H2,1H3/t13-,15+/m0/s1. The van der Waals surface area contributed by atoms with Crippen molar-refractivity contribution in [3.8, 4) is 6.07 Å². The second-order valence-corrected chi connectivity index (χ2v) is 8.69. The maximum atomic E-state index is 12.1. The summed E-state index contributed by atoms with van der Waals surface area (Å²) in [5.41, 5.74) is 7.57. The fourth-order valence-corrected chi connectivity index (χ4v) is 4.73. The van der Waals surface area contributed by atoms with E-state index in [4.69, 9.17) is 5.73 Å². The van der Waals surface area contributed by atoms with E-state index in [1.165, 1.54) is 0 Å². The molecule has 0 unspecified atom stereocenters. The molecule has 2 atom stereocenters. The van der Waals surface area contributed by atoms with Crippen LogP contribution in [0.25, 0.3) is 10.9 Å². The number of anilines is 1. The molecule has 8 heteroatoms. The molecule has 0 bridgehead atoms. The molecule has 0 aliphatic carbocycles. The Bertz CT molecular complexity index is 938. The quantitative estimate of drug-likeness (QED) is 0.814. The van der Waals surface area contributed by atoms with E-state index in [-0.39, 0.29) is 18.3 Å². The SMILES string of the molecule is C[C@H]1C[C@@H](NS(=O)(=O)CCN)CN(c2ccc(C#N)c3ncccc23)C1. The molecule has 1 aromatic heterocycles. The Hall–Kier alpha value is -2.21. The van der Waals surface area contributed by atoms with E-state index in [1.807, 2.05) is 18.2 Å². The highest BCUT2D eigenvalue weighted by atomic mass is 32.2. The van der Waals surface area contributed by atoms with Crippen LogP contribution in [0, 0.1) is 17.2 Å². The average Bonchev–Trinajstić information content (AvgIpc) is 2.59. The second-order valence-electron chi connectivity index (χ2n) is 6.81. The zero-order valence-electron chi connectivity index (χ0n) is 14.7. The van der Waals surface area contributed by atoms with Gasteiger partial charge in [-0.2, -0.15) is 5.26 Å². The molecular weight excluding hydrogens is 350 g/mol. The summed E-state index contributed by atoms with van der Waals surface area (Å²) >= 11 is 0. The number of piperidine rings is 1. The Morgan fingerprint density at radius 2 is 2.19 bits per heavy atom. The summed E-state index contributed by atoms with van der Waals surface area (Å²) < 4.78 is 27.0. The predicted octanol–water partition coefficient (Wildman–Crippen LogP) is 1.20. The van der Waals surface area contributed by atoms with E-state index in [0.29, 0.717) is 23.5 Å². The molecule has 1 aromatic carbocycles. The number of benzene rings is 1. The number of pyridine rings is 1. The van der Waals surface area contributed by atoms with Crippen LogP contribution < -0.4 is 15.4 Å². The highest BCUT2D eigenvalue weighted by Crippen LogP contribution is 2.31. The minimum absolute atomic E-state index is 0.0679. The van der Waals surface area contributed by atoms with Gasteiger partial charge in [0.1, 0.15) is 6.07 Å². The third-order valence-electron chi connectivity index (χ3n) is 4.60. The Kier molecular flexibility index (Phi) is 5.41. The van der Waals surface area contributed by atoms with Crippen LogP contribution in [0.15, 0.2) is 30.5 Å². The number of nitrogens with two attached hydrogens (primary N) is 1. The van der Waals surface area contributed by atoms with Crippen LogP contribution in [-0.4, -0.2) is 44.8 Å². The zero-order chi connectivity index (χ0) is 18.7. The molecule has 0 radical (unpaired) electrons. The molecule has 3 N–H and O–H groups in total. The van der Waals surface area contributed by atoms with Crippen molar-refractivity contribution >= 4 is 26.6 Å². The van der Waals surface area contributed by atoms with Crippen molar-refractivity contribution < 1.29 is 8.42 Å². The first kappa shape index (κ1) is 18.6. The van der Waals surface area contributed by atoms with E-state index in [0.717, 1.165) is 24.0 Å². The number of fused-ring (bicyclic) bond motifs is 1. The van der Waals surface area contributed by atoms with Crippen molar-refractivity contribution in [1.82, 2.24) is 9.71 Å². The number of nitrogens with zero attached hydrogens (tertiary/aromatic N) is 3. The average molecular weight is 373 g/mol. The minimum Gasteiger partial charge on any atom is -0.369 e. The van der Waals surface area contributed by atoms with Crippen LogP contribution in [0.4, 0.5) is 5.69 Å². The lowest BCUT2D eigenvalue weighted by molar-refractivity contribution is 0.381. The Morgan fingerprint density at radius 1 is 1.38 bits per heavy atom. The number of aromatic nitrogens is 1. The van der Waals surface area contributed by atoms with Gasteiger partial charge in [0.2, 0.25) is 10.0 Å². The van der Waals surface area contributed by atoms with Gasteiger partial charge < -0.3 is 10.6 Å². The summed E-state index contributed by atoms with van der Waals surface area (Å²) in [5, 5.41) is 10.2. The summed E-state index contributed by atoms with van der Waals surface area (Å²) in [6, 6.07) is 9.51. The second kappa shape index (κ2) is 7.58. The number of rotatable bonds is 5. The van der Waals surface area contributed by atoms with Gasteiger partial charge in [0.05, 0.1) is 16.8 Å². The van der Waals surface area contributed by atoms with Crippen LogP contribution in [0.3, 0.4) is 0 Å². The predicted molar refractivity (Wildman–Crippen MR) is 102 cm³/mol. The first-order valence-electron chi connectivity index (χ1n) is 8.66. The van der Waals surface area contributed by atoms with Crippen molar-refractivity contribution in [3.05, 3.63) is 36.0 Å². The fraction of sp³-hybridized carbons (Fsp3) is 0.444. The number of sulfonamides is 1. The van der Waals surface area contributed by atoms with Gasteiger partial charge in [-0.05, 0) is 36.6 Å². The van der Waals surface area contributed by atoms with Crippen LogP contribution in [0.5, 0.6) is 0 Å². The third kappa shape index (κ3) is 3.96. The Balaban J connectivity index is 1.92. The van der Waals surface area contributed by atoms with E-state index in [2.05, 4.69) is 27.6 Å². The molecule has 2 aromatic rings. The summed E-state index contributed by atoms with van der Waals surface area (Å²) in [6.45, 7) is 3.61. The van der Waals surface area contributed by atoms with E-state index >= 15 is 0 Å². The number of nitrogens with one attached hydrogen (secondary N) is 1. The van der Waals surface area contributed by atoms with Crippen LogP contribution in [-0.2, 0) is 10.0 Å². The molecule has 7 nitrogen and oxygen atoms in total. The van der Waals surface area contributed by atoms with Crippen molar-refractivity contribution in [2.75, 3.05) is 30.3 Å². The lowest BCUT2D eigenvalue weighted by Gasteiger charge is -2.38. The lowest BCUT2D eigenvalue weighted by atomic mass is 9.95. The first-order chi connectivity index (χ1) is 12.4. The maximum Gasteiger partial charge on any atom is 0.213 e. The van der Waals surface area contributed by atoms with Crippen molar-refractivity contribution in [2.45, 2.75) is 19.4 Å². The van der Waals surface area contributed by atoms with Crippen LogP contribution in [0.1, 0.15) is 18.9 Å². The molecule has 0 spiro atoms. The topological polar surface area (TPSA) is 112 Å². The maximum absolute atomic E-state index is 12.1. The highest BCUT2D eigenvalue weighted by Gasteiger charge is 2.28. The van der Waals surface area contributed by atoms with Gasteiger partial charge in [0.15, 0.2) is 0 Å². The van der Waals surface area contributed by atoms with E-state index in [9.17, 15) is 13.7 Å². The molecule has 0 amide bonds. The molecule has 0 saturated carbocycles. The van der Waals surface area contributed by atoms with E-state index < -0.39 is 10.0 Å². The van der Waals surface area contributed by atoms with Gasteiger partial charge in [-0.1, -0.05) is 6.92 Å². The van der Waals surface area contributed by atoms with E-state index in [1.54, 1.807) is 12.3 Å². The van der Waals surface area contributed by atoms with Crippen molar-refractivity contribution in [2.24, 2.45) is 11.7 Å². The van der Waals surface area contributed by atoms with Crippen LogP contribution in [0.2, 0.25) is 0 Å². The molecule has 1 saturated heterocycles. The molecule has 1 fully saturated rings. The fourth-order valence-electron chi connectivity index (χ4n) is 3.63. The van der Waals surface area contributed by atoms with Crippen LogP contribution >= 0.6 is 0 Å². The van der Waals surface area contributed by atoms with Gasteiger partial charge in [-0.25, -0.2) is 13.1 Å². The summed E-state index contributed by atoms with van der Waals surface area (Å²) in [4.78, 5) is 6.53. The lowest BCUT2D eigenvalue weighted by Crippen LogP contribution is -2.51. The number of nitriles is 1. The molecule has 1 aliphatic rings. The largest absolute Gasteiger partial charge is 0.369 e. The molecule has 3 rings (SSSR count). The summed E-state index contributed by atoms with van der Waals surface area (Å²) in [6.07, 6.45) is 2.46. The monoisotopic (exact) mass is 373 g/mol. The number of hydrogen-bond acceptors (Lipinski definition) is 6. The van der Waals surface area contributed by atoms with Gasteiger partial charge in [0.25, 0.3) is 0 Å². The normalized spacial score (nSPS) is 20.9. The Morgan fingerprint density at radius 3 is 2.92 bits per heavy atom. The molecule has 1 aliphatic heterocycles. The van der Waals surface area contributed by atoms with Crippen molar-refractivity contribution in [3.63, 3.8) is 0 Å².